The van der Waals surface area contributed by atoms with Crippen LogP contribution in [-0.2, 0) is 6.42 Å². The number of aliphatic hydroxyl groups is 1. The number of hydrogen-bond acceptors (Lipinski definition) is 4. The number of benzene rings is 2. The van der Waals surface area contributed by atoms with Crippen LogP contribution in [0.4, 0.5) is 10.1 Å². The summed E-state index contributed by atoms with van der Waals surface area (Å²) in [6.45, 7) is 0. The van der Waals surface area contributed by atoms with Crippen molar-refractivity contribution >= 4 is 17.4 Å². The number of anilines is 1. The Labute approximate surface area is 128 Å². The Kier molecular flexibility index (Phi) is 5.61. The number of aliphatic hydroxyl groups excluding tert-OH is 1. The van der Waals surface area contributed by atoms with E-state index in [1.54, 1.807) is 6.07 Å². The van der Waals surface area contributed by atoms with Gasteiger partial charge < -0.3 is 16.6 Å². The highest BCUT2D eigenvalue weighted by atomic mass is 32.2. The van der Waals surface area contributed by atoms with Crippen LogP contribution in [0.25, 0.3) is 0 Å². The third-order valence-electron chi connectivity index (χ3n) is 3.19. The molecule has 2 unspecified atom stereocenters. The Morgan fingerprint density at radius 1 is 1.14 bits per heavy atom. The third-order valence-corrected chi connectivity index (χ3v) is 4.38. The molecule has 0 aliphatic heterocycles. The molecule has 0 aliphatic rings. The Bertz CT molecular complexity index is 580. The van der Waals surface area contributed by atoms with Crippen molar-refractivity contribution in [3.8, 4) is 0 Å². The van der Waals surface area contributed by atoms with E-state index in [4.69, 9.17) is 11.5 Å². The predicted molar refractivity (Wildman–Crippen MR) is 85.7 cm³/mol. The molecule has 0 spiro atoms. The van der Waals surface area contributed by atoms with Crippen LogP contribution in [0.3, 0.4) is 0 Å². The van der Waals surface area contributed by atoms with Crippen molar-refractivity contribution in [2.45, 2.75) is 23.5 Å². The van der Waals surface area contributed by atoms with Gasteiger partial charge in [0.1, 0.15) is 5.82 Å². The maximum atomic E-state index is 13.0. The van der Waals surface area contributed by atoms with E-state index >= 15 is 0 Å². The highest BCUT2D eigenvalue weighted by molar-refractivity contribution is 7.99. The number of hydrogen-bond donors (Lipinski definition) is 3. The molecule has 0 heterocycles. The summed E-state index contributed by atoms with van der Waals surface area (Å²) in [7, 11) is 0. The van der Waals surface area contributed by atoms with Crippen molar-refractivity contribution in [3.63, 3.8) is 0 Å². The minimum absolute atomic E-state index is 0.346. The zero-order valence-electron chi connectivity index (χ0n) is 11.6. The van der Waals surface area contributed by atoms with Gasteiger partial charge in [0.05, 0.1) is 6.10 Å². The molecule has 0 saturated heterocycles. The topological polar surface area (TPSA) is 72.3 Å². The monoisotopic (exact) mass is 306 g/mol. The Balaban J connectivity index is 1.87. The maximum absolute atomic E-state index is 13.0. The molecule has 0 radical (unpaired) electrons. The van der Waals surface area contributed by atoms with Gasteiger partial charge in [-0.1, -0.05) is 30.3 Å². The van der Waals surface area contributed by atoms with E-state index in [2.05, 4.69) is 0 Å². The minimum Gasteiger partial charge on any atom is -0.398 e. The van der Waals surface area contributed by atoms with Crippen molar-refractivity contribution in [1.82, 2.24) is 0 Å². The van der Waals surface area contributed by atoms with Crippen LogP contribution in [0, 0.1) is 5.82 Å². The van der Waals surface area contributed by atoms with Crippen molar-refractivity contribution in [2.24, 2.45) is 5.73 Å². The molecule has 2 atom stereocenters. The van der Waals surface area contributed by atoms with Gasteiger partial charge in [0, 0.05) is 22.4 Å². The average molecular weight is 306 g/mol. The molecule has 0 aliphatic carbocycles. The average Bonchev–Trinajstić information content (AvgIpc) is 2.47. The fraction of sp³-hybridized carbons (Fsp3) is 0.250. The molecular formula is C16H19FN2OS. The molecule has 21 heavy (non-hydrogen) atoms. The van der Waals surface area contributed by atoms with Crippen LogP contribution in [0.2, 0.25) is 0 Å². The first kappa shape index (κ1) is 15.8. The Hall–Kier alpha value is -1.56. The van der Waals surface area contributed by atoms with Gasteiger partial charge in [0.2, 0.25) is 0 Å². The second kappa shape index (κ2) is 7.45. The summed E-state index contributed by atoms with van der Waals surface area (Å²) in [5.41, 5.74) is 13.2. The van der Waals surface area contributed by atoms with E-state index in [0.29, 0.717) is 17.9 Å². The van der Waals surface area contributed by atoms with Gasteiger partial charge in [-0.25, -0.2) is 4.39 Å². The van der Waals surface area contributed by atoms with Crippen LogP contribution >= 0.6 is 11.8 Å². The first-order chi connectivity index (χ1) is 10.1. The maximum Gasteiger partial charge on any atom is 0.125 e. The highest BCUT2D eigenvalue weighted by Crippen LogP contribution is 2.26. The zero-order chi connectivity index (χ0) is 15.2. The lowest BCUT2D eigenvalue weighted by Gasteiger charge is -2.19. The SMILES string of the molecule is Nc1cc(F)ccc1SCC(O)C(N)Cc1ccccc1. The first-order valence-electron chi connectivity index (χ1n) is 6.71. The molecule has 2 rings (SSSR count). The summed E-state index contributed by atoms with van der Waals surface area (Å²) < 4.78 is 13.0. The Morgan fingerprint density at radius 2 is 1.86 bits per heavy atom. The van der Waals surface area contributed by atoms with Crippen molar-refractivity contribution in [2.75, 3.05) is 11.5 Å². The van der Waals surface area contributed by atoms with Gasteiger partial charge in [-0.2, -0.15) is 0 Å². The van der Waals surface area contributed by atoms with Gasteiger partial charge in [-0.15, -0.1) is 11.8 Å². The normalized spacial score (nSPS) is 13.9. The van der Waals surface area contributed by atoms with Gasteiger partial charge in [-0.3, -0.25) is 0 Å². The largest absolute Gasteiger partial charge is 0.398 e. The second-order valence-corrected chi connectivity index (χ2v) is 5.98. The molecular weight excluding hydrogens is 287 g/mol. The molecule has 5 heteroatoms. The molecule has 5 N–H and O–H groups in total. The van der Waals surface area contributed by atoms with Gasteiger partial charge in [0.15, 0.2) is 0 Å². The smallest absolute Gasteiger partial charge is 0.125 e. The highest BCUT2D eigenvalue weighted by Gasteiger charge is 2.16. The van der Waals surface area contributed by atoms with Crippen molar-refractivity contribution < 1.29 is 9.50 Å². The molecule has 0 aromatic heterocycles. The van der Waals surface area contributed by atoms with Crippen LogP contribution in [0.1, 0.15) is 5.56 Å². The Morgan fingerprint density at radius 3 is 2.52 bits per heavy atom. The fourth-order valence-electron chi connectivity index (χ4n) is 1.97. The summed E-state index contributed by atoms with van der Waals surface area (Å²) in [5, 5.41) is 10.1. The molecule has 112 valence electrons. The van der Waals surface area contributed by atoms with Crippen molar-refractivity contribution in [3.05, 3.63) is 59.9 Å². The number of nitrogen functional groups attached to an aromatic ring is 1. The molecule has 2 aromatic rings. The van der Waals surface area contributed by atoms with Crippen LogP contribution in [0.15, 0.2) is 53.4 Å². The van der Waals surface area contributed by atoms with Crippen LogP contribution < -0.4 is 11.5 Å². The summed E-state index contributed by atoms with van der Waals surface area (Å²) in [6, 6.07) is 13.7. The number of rotatable bonds is 6. The van der Waals surface area contributed by atoms with Crippen LogP contribution in [-0.4, -0.2) is 23.0 Å². The molecule has 0 saturated carbocycles. The lowest BCUT2D eigenvalue weighted by molar-refractivity contribution is 0.168. The quantitative estimate of drug-likeness (QED) is 0.566. The van der Waals surface area contributed by atoms with Gasteiger partial charge in [-0.05, 0) is 30.2 Å². The van der Waals surface area contributed by atoms with E-state index in [-0.39, 0.29) is 11.9 Å². The molecule has 0 amide bonds. The van der Waals surface area contributed by atoms with Crippen molar-refractivity contribution in [1.29, 1.82) is 0 Å². The number of thioether (sulfide) groups is 1. The standard InChI is InChI=1S/C16H19FN2OS/c17-12-6-7-16(14(19)9-12)21-10-15(20)13(18)8-11-4-2-1-3-5-11/h1-7,9,13,15,20H,8,10,18-19H2. The zero-order valence-corrected chi connectivity index (χ0v) is 12.4. The van der Waals surface area contributed by atoms with Gasteiger partial charge >= 0.3 is 0 Å². The predicted octanol–water partition coefficient (Wildman–Crippen LogP) is 2.43. The molecule has 0 fully saturated rings. The van der Waals surface area contributed by atoms with E-state index in [9.17, 15) is 9.50 Å². The summed E-state index contributed by atoms with van der Waals surface area (Å²) in [5.74, 6) is 0.0577. The van der Waals surface area contributed by atoms with E-state index < -0.39 is 6.10 Å². The lowest BCUT2D eigenvalue weighted by atomic mass is 10.0. The molecule has 3 nitrogen and oxygen atoms in total. The number of nitrogens with two attached hydrogens (primary N) is 2. The minimum atomic E-state index is -0.653. The third kappa shape index (κ3) is 4.74. The summed E-state index contributed by atoms with van der Waals surface area (Å²) in [4.78, 5) is 0.752. The fourth-order valence-corrected chi connectivity index (χ4v) is 2.96. The van der Waals surface area contributed by atoms with E-state index in [0.717, 1.165) is 10.5 Å². The molecule has 2 aromatic carbocycles. The first-order valence-corrected chi connectivity index (χ1v) is 7.70. The van der Waals surface area contributed by atoms with E-state index in [1.165, 1.54) is 23.9 Å². The van der Waals surface area contributed by atoms with E-state index in [1.807, 2.05) is 30.3 Å². The van der Waals surface area contributed by atoms with Gasteiger partial charge in [0.25, 0.3) is 0 Å². The number of halogens is 1. The van der Waals surface area contributed by atoms with Crippen LogP contribution in [0.5, 0.6) is 0 Å². The lowest BCUT2D eigenvalue weighted by Crippen LogP contribution is -2.38. The summed E-state index contributed by atoms with van der Waals surface area (Å²) in [6.07, 6.45) is -0.0405. The second-order valence-electron chi connectivity index (χ2n) is 4.91. The molecule has 0 bridgehead atoms. The summed E-state index contributed by atoms with van der Waals surface area (Å²) >= 11 is 1.38.